The van der Waals surface area contributed by atoms with E-state index in [2.05, 4.69) is 0 Å². The van der Waals surface area contributed by atoms with E-state index in [-0.39, 0.29) is 5.43 Å². The quantitative estimate of drug-likeness (QED) is 0.645. The summed E-state index contributed by atoms with van der Waals surface area (Å²) < 4.78 is 13.4. The van der Waals surface area contributed by atoms with Gasteiger partial charge in [-0.1, -0.05) is 6.07 Å². The average Bonchev–Trinajstić information content (AvgIpc) is 3.41. The van der Waals surface area contributed by atoms with Gasteiger partial charge in [0.1, 0.15) is 5.92 Å². The Bertz CT molecular complexity index is 1160. The van der Waals surface area contributed by atoms with Crippen LogP contribution in [0.25, 0.3) is 11.3 Å². The lowest BCUT2D eigenvalue weighted by atomic mass is 9.82. The van der Waals surface area contributed by atoms with Crippen molar-refractivity contribution in [3.63, 3.8) is 0 Å². The maximum atomic E-state index is 12.5. The van der Waals surface area contributed by atoms with Crippen molar-refractivity contribution in [3.8, 4) is 22.8 Å². The van der Waals surface area contributed by atoms with E-state index in [0.717, 1.165) is 17.7 Å². The number of aliphatic carboxylic acids is 1. The number of carbonyl (C=O) groups is 1. The summed E-state index contributed by atoms with van der Waals surface area (Å²) in [5.41, 5.74) is 1.88. The first kappa shape index (κ1) is 18.9. The lowest BCUT2D eigenvalue weighted by molar-refractivity contribution is -0.139. The Morgan fingerprint density at radius 2 is 2.07 bits per heavy atom. The van der Waals surface area contributed by atoms with Gasteiger partial charge in [0.05, 0.1) is 25.5 Å². The van der Waals surface area contributed by atoms with E-state index in [4.69, 9.17) is 9.47 Å². The van der Waals surface area contributed by atoms with Crippen LogP contribution >= 0.6 is 11.3 Å². The van der Waals surface area contributed by atoms with E-state index in [9.17, 15) is 14.7 Å². The highest BCUT2D eigenvalue weighted by Gasteiger charge is 2.40. The van der Waals surface area contributed by atoms with Crippen molar-refractivity contribution in [1.82, 2.24) is 4.57 Å². The van der Waals surface area contributed by atoms with Gasteiger partial charge in [-0.3, -0.25) is 9.59 Å². The zero-order valence-electron chi connectivity index (χ0n) is 16.4. The number of carboxylic acid groups (broad SMARTS) is 1. The van der Waals surface area contributed by atoms with E-state index >= 15 is 0 Å². The van der Waals surface area contributed by atoms with E-state index in [1.54, 1.807) is 31.5 Å². The summed E-state index contributed by atoms with van der Waals surface area (Å²) in [6.07, 6.45) is 3.99. The van der Waals surface area contributed by atoms with E-state index in [1.807, 2.05) is 22.1 Å². The fourth-order valence-corrected chi connectivity index (χ4v) is 4.99. The standard InChI is InChI=1S/C23H21NO5S/c1-28-18-10-15-16(11-19(18)29-12-13-4-5-13)21(23(26)27)22(20-3-2-8-30-20)24-7-6-14(25)9-17(15)24/h2-3,6-11,13,21-22H,4-5,12H2,1H3,(H,26,27). The number of ether oxygens (including phenoxy) is 2. The maximum Gasteiger partial charge on any atom is 0.313 e. The fraction of sp³-hybridized carbons (Fsp3) is 0.304. The summed E-state index contributed by atoms with van der Waals surface area (Å²) in [5, 5.41) is 12.2. The summed E-state index contributed by atoms with van der Waals surface area (Å²) in [6.45, 7) is 0.595. The minimum atomic E-state index is -0.919. The third-order valence-electron chi connectivity index (χ3n) is 5.79. The van der Waals surface area contributed by atoms with E-state index in [1.165, 1.54) is 17.4 Å². The van der Waals surface area contributed by atoms with Crippen LogP contribution in [-0.2, 0) is 4.79 Å². The van der Waals surface area contributed by atoms with Crippen molar-refractivity contribution in [2.75, 3.05) is 13.7 Å². The van der Waals surface area contributed by atoms with Crippen molar-refractivity contribution in [2.24, 2.45) is 5.92 Å². The van der Waals surface area contributed by atoms with Crippen LogP contribution in [0.1, 0.15) is 35.2 Å². The molecule has 5 rings (SSSR count). The van der Waals surface area contributed by atoms with Gasteiger partial charge in [-0.25, -0.2) is 0 Å². The van der Waals surface area contributed by atoms with Crippen LogP contribution in [0, 0.1) is 5.92 Å². The molecule has 1 fully saturated rings. The predicted molar refractivity (Wildman–Crippen MR) is 114 cm³/mol. The number of hydrogen-bond acceptors (Lipinski definition) is 5. The molecule has 30 heavy (non-hydrogen) atoms. The van der Waals surface area contributed by atoms with Crippen molar-refractivity contribution in [2.45, 2.75) is 24.8 Å². The lowest BCUT2D eigenvalue weighted by Crippen LogP contribution is -2.31. The smallest absolute Gasteiger partial charge is 0.313 e. The molecule has 1 aliphatic carbocycles. The molecule has 2 aliphatic rings. The molecule has 0 amide bonds. The van der Waals surface area contributed by atoms with Crippen LogP contribution in [0.3, 0.4) is 0 Å². The van der Waals surface area contributed by atoms with Gasteiger partial charge < -0.3 is 19.1 Å². The Morgan fingerprint density at radius 1 is 1.23 bits per heavy atom. The van der Waals surface area contributed by atoms with Gasteiger partial charge in [-0.2, -0.15) is 0 Å². The van der Waals surface area contributed by atoms with Gasteiger partial charge in [-0.15, -0.1) is 11.3 Å². The Hall–Kier alpha value is -3.06. The van der Waals surface area contributed by atoms with Crippen molar-refractivity contribution in [1.29, 1.82) is 0 Å². The molecule has 0 saturated heterocycles. The van der Waals surface area contributed by atoms with Gasteiger partial charge >= 0.3 is 5.97 Å². The monoisotopic (exact) mass is 423 g/mol. The Kier molecular flexibility index (Phi) is 4.62. The van der Waals surface area contributed by atoms with Crippen LogP contribution < -0.4 is 14.9 Å². The molecule has 0 spiro atoms. The molecule has 7 heteroatoms. The zero-order chi connectivity index (χ0) is 20.8. The number of fused-ring (bicyclic) bond motifs is 3. The molecule has 6 nitrogen and oxygen atoms in total. The molecule has 2 unspecified atom stereocenters. The second kappa shape index (κ2) is 7.32. The number of aromatic nitrogens is 1. The Morgan fingerprint density at radius 3 is 2.73 bits per heavy atom. The molecule has 2 aromatic heterocycles. The minimum absolute atomic E-state index is 0.126. The Balaban J connectivity index is 1.74. The summed E-state index contributed by atoms with van der Waals surface area (Å²) >= 11 is 1.51. The summed E-state index contributed by atoms with van der Waals surface area (Å²) in [6, 6.07) is 10.0. The molecule has 0 radical (unpaired) electrons. The number of pyridine rings is 1. The molecular formula is C23H21NO5S. The normalized spacial score (nSPS) is 19.6. The van der Waals surface area contributed by atoms with Crippen LogP contribution in [-0.4, -0.2) is 29.4 Å². The van der Waals surface area contributed by atoms with E-state index < -0.39 is 17.9 Å². The van der Waals surface area contributed by atoms with E-state index in [0.29, 0.717) is 40.8 Å². The maximum absolute atomic E-state index is 12.5. The number of rotatable bonds is 6. The third kappa shape index (κ3) is 3.19. The lowest BCUT2D eigenvalue weighted by Gasteiger charge is -2.35. The molecule has 2 atom stereocenters. The van der Waals surface area contributed by atoms with Crippen LogP contribution in [0.2, 0.25) is 0 Å². The minimum Gasteiger partial charge on any atom is -0.493 e. The summed E-state index contributed by atoms with van der Waals surface area (Å²) in [7, 11) is 1.57. The largest absolute Gasteiger partial charge is 0.493 e. The zero-order valence-corrected chi connectivity index (χ0v) is 17.2. The van der Waals surface area contributed by atoms with Crippen LogP contribution in [0.5, 0.6) is 11.5 Å². The summed E-state index contributed by atoms with van der Waals surface area (Å²) in [4.78, 5) is 25.6. The summed E-state index contributed by atoms with van der Waals surface area (Å²) in [5.74, 6) is -0.0960. The second-order valence-electron chi connectivity index (χ2n) is 7.78. The topological polar surface area (TPSA) is 77.8 Å². The van der Waals surface area contributed by atoms with Gasteiger partial charge in [0, 0.05) is 28.8 Å². The molecule has 3 heterocycles. The van der Waals surface area contributed by atoms with Gasteiger partial charge in [0.2, 0.25) is 0 Å². The highest BCUT2D eigenvalue weighted by Crippen LogP contribution is 2.49. The molecule has 154 valence electrons. The number of carboxylic acids is 1. The molecule has 1 N–H and O–H groups in total. The highest BCUT2D eigenvalue weighted by molar-refractivity contribution is 7.10. The Labute approximate surface area is 177 Å². The SMILES string of the molecule is COc1cc2c(cc1OCC1CC1)C(C(=O)O)C(c1cccs1)n1ccc(=O)cc1-2. The number of nitrogens with zero attached hydrogens (tertiary/aromatic N) is 1. The van der Waals surface area contributed by atoms with Crippen molar-refractivity contribution < 1.29 is 19.4 Å². The number of hydrogen-bond donors (Lipinski definition) is 1. The first-order valence-corrected chi connectivity index (χ1v) is 10.8. The predicted octanol–water partition coefficient (Wildman–Crippen LogP) is 4.15. The average molecular weight is 423 g/mol. The molecule has 1 saturated carbocycles. The van der Waals surface area contributed by atoms with Gasteiger partial charge in [-0.05, 0) is 47.9 Å². The number of benzene rings is 1. The van der Waals surface area contributed by atoms with Crippen molar-refractivity contribution >= 4 is 17.3 Å². The fourth-order valence-electron chi connectivity index (χ4n) is 4.13. The third-order valence-corrected chi connectivity index (χ3v) is 6.73. The first-order chi connectivity index (χ1) is 14.6. The second-order valence-corrected chi connectivity index (χ2v) is 8.76. The molecule has 0 bridgehead atoms. The highest BCUT2D eigenvalue weighted by atomic mass is 32.1. The first-order valence-electron chi connectivity index (χ1n) is 9.90. The van der Waals surface area contributed by atoms with Crippen LogP contribution in [0.4, 0.5) is 0 Å². The van der Waals surface area contributed by atoms with Crippen molar-refractivity contribution in [3.05, 3.63) is 68.6 Å². The molecule has 1 aliphatic heterocycles. The molecular weight excluding hydrogens is 402 g/mol. The van der Waals surface area contributed by atoms with Crippen LogP contribution in [0.15, 0.2) is 52.8 Å². The van der Waals surface area contributed by atoms with Gasteiger partial charge in [0.25, 0.3) is 0 Å². The molecule has 1 aromatic carbocycles. The molecule has 3 aromatic rings. The van der Waals surface area contributed by atoms with Gasteiger partial charge in [0.15, 0.2) is 16.9 Å². The number of methoxy groups -OCH3 is 1. The number of thiophene rings is 1.